The van der Waals surface area contributed by atoms with Gasteiger partial charge in [0.15, 0.2) is 5.82 Å². The number of ether oxygens (including phenoxy) is 1. The van der Waals surface area contributed by atoms with Crippen molar-refractivity contribution in [1.82, 2.24) is 9.97 Å². The minimum absolute atomic E-state index is 0.0159. The minimum Gasteiger partial charge on any atom is -0.489 e. The molecule has 0 radical (unpaired) electrons. The molecule has 1 N–H and O–H groups in total. The first kappa shape index (κ1) is 22.6. The maximum absolute atomic E-state index is 11.5. The predicted octanol–water partition coefficient (Wildman–Crippen LogP) is 3.85. The van der Waals surface area contributed by atoms with E-state index in [0.29, 0.717) is 23.7 Å². The molecule has 0 fully saturated rings. The predicted molar refractivity (Wildman–Crippen MR) is 116 cm³/mol. The van der Waals surface area contributed by atoms with Gasteiger partial charge in [-0.05, 0) is 24.6 Å². The molecule has 1 heterocycles. The molecule has 0 saturated carbocycles. The van der Waals surface area contributed by atoms with Gasteiger partial charge >= 0.3 is 11.7 Å². The number of nitro groups is 1. The second-order valence-electron chi connectivity index (χ2n) is 6.71. The summed E-state index contributed by atoms with van der Waals surface area (Å²) in [6.45, 7) is 3.26. The molecule has 3 aromatic rings. The fourth-order valence-corrected chi connectivity index (χ4v) is 2.84. The summed E-state index contributed by atoms with van der Waals surface area (Å²) in [7, 11) is 0. The third kappa shape index (κ3) is 6.22. The molecule has 0 aliphatic heterocycles. The second-order valence-corrected chi connectivity index (χ2v) is 6.71. The standard InChI is InChI=1S/C22H22N4O6/c1-15-20(26(28)29)22(23-11-12-31-32-16(2)27)25-21(24-15)18-9-6-10-19(13-18)30-14-17-7-4-3-5-8-17/h3-10,13H,11-12,14H2,1-2H3,(H,23,24,25). The number of carbonyl (C=O) groups is 1. The van der Waals surface area contributed by atoms with Crippen molar-refractivity contribution in [1.29, 1.82) is 0 Å². The molecule has 0 saturated heterocycles. The van der Waals surface area contributed by atoms with E-state index in [9.17, 15) is 14.9 Å². The van der Waals surface area contributed by atoms with E-state index in [1.807, 2.05) is 36.4 Å². The van der Waals surface area contributed by atoms with E-state index in [4.69, 9.17) is 9.62 Å². The topological polar surface area (TPSA) is 126 Å². The number of aryl methyl sites for hydroxylation is 1. The van der Waals surface area contributed by atoms with Gasteiger partial charge in [0, 0.05) is 19.0 Å². The van der Waals surface area contributed by atoms with Crippen molar-refractivity contribution in [2.75, 3.05) is 18.5 Å². The van der Waals surface area contributed by atoms with Crippen LogP contribution in [-0.4, -0.2) is 34.0 Å². The van der Waals surface area contributed by atoms with Crippen LogP contribution in [0.1, 0.15) is 18.2 Å². The summed E-state index contributed by atoms with van der Waals surface area (Å²) >= 11 is 0. The lowest BCUT2D eigenvalue weighted by Crippen LogP contribution is -2.14. The molecule has 32 heavy (non-hydrogen) atoms. The fraction of sp³-hybridized carbons (Fsp3) is 0.227. The van der Waals surface area contributed by atoms with E-state index in [1.165, 1.54) is 6.92 Å². The quantitative estimate of drug-likeness (QED) is 0.217. The van der Waals surface area contributed by atoms with Gasteiger partial charge in [0.2, 0.25) is 5.82 Å². The van der Waals surface area contributed by atoms with E-state index in [0.717, 1.165) is 5.56 Å². The Labute approximate surface area is 184 Å². The van der Waals surface area contributed by atoms with Gasteiger partial charge in [-0.25, -0.2) is 14.8 Å². The number of carbonyl (C=O) groups excluding carboxylic acids is 1. The van der Waals surface area contributed by atoms with Crippen LogP contribution in [0.25, 0.3) is 11.4 Å². The molecule has 2 aromatic carbocycles. The Balaban J connectivity index is 1.78. The number of hydrogen-bond acceptors (Lipinski definition) is 9. The third-order valence-electron chi connectivity index (χ3n) is 4.24. The van der Waals surface area contributed by atoms with E-state index in [-0.39, 0.29) is 30.4 Å². The highest BCUT2D eigenvalue weighted by Crippen LogP contribution is 2.29. The van der Waals surface area contributed by atoms with Crippen LogP contribution in [-0.2, 0) is 21.2 Å². The van der Waals surface area contributed by atoms with Crippen LogP contribution in [0.3, 0.4) is 0 Å². The average molecular weight is 438 g/mol. The molecule has 0 aliphatic rings. The lowest BCUT2D eigenvalue weighted by atomic mass is 10.2. The molecule has 0 unspecified atom stereocenters. The van der Waals surface area contributed by atoms with E-state index in [1.54, 1.807) is 25.1 Å². The Hall–Kier alpha value is -4.05. The van der Waals surface area contributed by atoms with Crippen molar-refractivity contribution in [3.63, 3.8) is 0 Å². The Morgan fingerprint density at radius 2 is 1.91 bits per heavy atom. The molecule has 0 atom stereocenters. The number of nitrogens with zero attached hydrogens (tertiary/aromatic N) is 3. The van der Waals surface area contributed by atoms with E-state index >= 15 is 0 Å². The molecule has 166 valence electrons. The number of benzene rings is 2. The number of aromatic nitrogens is 2. The van der Waals surface area contributed by atoms with Gasteiger partial charge < -0.3 is 10.1 Å². The Morgan fingerprint density at radius 1 is 1.12 bits per heavy atom. The maximum Gasteiger partial charge on any atom is 0.339 e. The second kappa shape index (κ2) is 10.8. The number of nitrogens with one attached hydrogen (secondary N) is 1. The molecule has 0 spiro atoms. The average Bonchev–Trinajstić information content (AvgIpc) is 2.77. The monoisotopic (exact) mass is 438 g/mol. The van der Waals surface area contributed by atoms with Crippen LogP contribution >= 0.6 is 0 Å². The first-order chi connectivity index (χ1) is 15.4. The van der Waals surface area contributed by atoms with Crippen LogP contribution in [0, 0.1) is 17.0 Å². The number of anilines is 1. The Morgan fingerprint density at radius 3 is 2.62 bits per heavy atom. The molecule has 10 nitrogen and oxygen atoms in total. The highest BCUT2D eigenvalue weighted by Gasteiger charge is 2.22. The summed E-state index contributed by atoms with van der Waals surface area (Å²) in [6, 6.07) is 16.9. The lowest BCUT2D eigenvalue weighted by molar-refractivity contribution is -0.385. The van der Waals surface area contributed by atoms with Crippen LogP contribution in [0.15, 0.2) is 54.6 Å². The molecule has 10 heteroatoms. The molecular formula is C22H22N4O6. The molecular weight excluding hydrogens is 416 g/mol. The normalized spacial score (nSPS) is 10.4. The molecule has 0 amide bonds. The van der Waals surface area contributed by atoms with Crippen molar-refractivity contribution >= 4 is 17.5 Å². The summed E-state index contributed by atoms with van der Waals surface area (Å²) < 4.78 is 5.85. The lowest BCUT2D eigenvalue weighted by Gasteiger charge is -2.11. The van der Waals surface area contributed by atoms with Crippen LogP contribution < -0.4 is 10.1 Å². The zero-order valence-corrected chi connectivity index (χ0v) is 17.6. The number of rotatable bonds is 10. The van der Waals surface area contributed by atoms with Gasteiger partial charge in [0.1, 0.15) is 24.7 Å². The first-order valence-electron chi connectivity index (χ1n) is 9.78. The molecule has 3 rings (SSSR count). The molecule has 0 bridgehead atoms. The van der Waals surface area contributed by atoms with Gasteiger partial charge in [-0.1, -0.05) is 42.5 Å². The fourth-order valence-electron chi connectivity index (χ4n) is 2.84. The first-order valence-corrected chi connectivity index (χ1v) is 9.78. The summed E-state index contributed by atoms with van der Waals surface area (Å²) in [5.41, 5.74) is 1.65. The summed E-state index contributed by atoms with van der Waals surface area (Å²) in [5, 5.41) is 14.3. The van der Waals surface area contributed by atoms with E-state index in [2.05, 4.69) is 20.2 Å². The van der Waals surface area contributed by atoms with Gasteiger partial charge in [-0.3, -0.25) is 15.0 Å². The van der Waals surface area contributed by atoms with E-state index < -0.39 is 10.9 Å². The Kier molecular flexibility index (Phi) is 7.65. The minimum atomic E-state index is -0.592. The zero-order valence-electron chi connectivity index (χ0n) is 17.6. The largest absolute Gasteiger partial charge is 0.489 e. The number of hydrogen-bond donors (Lipinski definition) is 1. The summed E-state index contributed by atoms with van der Waals surface area (Å²) in [6.07, 6.45) is 0. The molecule has 1 aromatic heterocycles. The van der Waals surface area contributed by atoms with Crippen molar-refractivity contribution in [3.8, 4) is 17.1 Å². The van der Waals surface area contributed by atoms with Crippen molar-refractivity contribution in [2.24, 2.45) is 0 Å². The summed E-state index contributed by atoms with van der Waals surface area (Å²) in [5.74, 6) is 0.377. The SMILES string of the molecule is CC(=O)OOCCNc1nc(-c2cccc(OCc3ccccc3)c2)nc(C)c1[N+](=O)[O-]. The molecule has 0 aliphatic carbocycles. The van der Waals surface area contributed by atoms with Gasteiger partial charge in [0.25, 0.3) is 0 Å². The van der Waals surface area contributed by atoms with Crippen LogP contribution in [0.5, 0.6) is 5.75 Å². The van der Waals surface area contributed by atoms with Crippen molar-refractivity contribution < 1.29 is 24.2 Å². The van der Waals surface area contributed by atoms with Crippen molar-refractivity contribution in [3.05, 3.63) is 76.0 Å². The smallest absolute Gasteiger partial charge is 0.339 e. The van der Waals surface area contributed by atoms with Crippen LogP contribution in [0.4, 0.5) is 11.5 Å². The third-order valence-corrected chi connectivity index (χ3v) is 4.24. The summed E-state index contributed by atoms with van der Waals surface area (Å²) in [4.78, 5) is 39.4. The highest BCUT2D eigenvalue weighted by atomic mass is 17.2. The van der Waals surface area contributed by atoms with Gasteiger partial charge in [-0.15, -0.1) is 0 Å². The highest BCUT2D eigenvalue weighted by molar-refractivity contribution is 5.66. The van der Waals surface area contributed by atoms with Crippen LogP contribution in [0.2, 0.25) is 0 Å². The maximum atomic E-state index is 11.5. The zero-order chi connectivity index (χ0) is 22.9. The van der Waals surface area contributed by atoms with Gasteiger partial charge in [-0.2, -0.15) is 4.89 Å². The Bertz CT molecular complexity index is 1090. The van der Waals surface area contributed by atoms with Crippen molar-refractivity contribution in [2.45, 2.75) is 20.5 Å². The van der Waals surface area contributed by atoms with Gasteiger partial charge in [0.05, 0.1) is 4.92 Å².